The average molecular weight is 254 g/mol. The van der Waals surface area contributed by atoms with Gasteiger partial charge in [0.15, 0.2) is 0 Å². The molecule has 0 saturated heterocycles. The van der Waals surface area contributed by atoms with Gasteiger partial charge in [-0.2, -0.15) is 0 Å². The standard InChI is InChI=1S/C16H18N2O/c17-15(13-5-8-18-9-6-13)11-16-14-4-2-1-3-12(14)7-10-19-16/h1-6,8-9,15-16H,7,10-11,17H2. The number of nitrogens with two attached hydrogens (primary N) is 1. The Balaban J connectivity index is 1.78. The number of nitrogens with zero attached hydrogens (tertiary/aromatic N) is 1. The molecular weight excluding hydrogens is 236 g/mol. The highest BCUT2D eigenvalue weighted by Gasteiger charge is 2.23. The lowest BCUT2D eigenvalue weighted by Crippen LogP contribution is -2.21. The quantitative estimate of drug-likeness (QED) is 0.916. The molecule has 0 aliphatic carbocycles. The molecule has 2 aromatic rings. The van der Waals surface area contributed by atoms with Crippen molar-refractivity contribution in [3.63, 3.8) is 0 Å². The van der Waals surface area contributed by atoms with Gasteiger partial charge >= 0.3 is 0 Å². The van der Waals surface area contributed by atoms with Crippen molar-refractivity contribution < 1.29 is 4.74 Å². The van der Waals surface area contributed by atoms with E-state index in [-0.39, 0.29) is 12.1 Å². The van der Waals surface area contributed by atoms with Gasteiger partial charge in [0.2, 0.25) is 0 Å². The number of fused-ring (bicyclic) bond motifs is 1. The van der Waals surface area contributed by atoms with Gasteiger partial charge in [-0.1, -0.05) is 24.3 Å². The van der Waals surface area contributed by atoms with Crippen LogP contribution in [-0.4, -0.2) is 11.6 Å². The predicted molar refractivity (Wildman–Crippen MR) is 74.6 cm³/mol. The van der Waals surface area contributed by atoms with E-state index < -0.39 is 0 Å². The van der Waals surface area contributed by atoms with E-state index in [1.165, 1.54) is 11.1 Å². The van der Waals surface area contributed by atoms with Crippen molar-refractivity contribution in [1.82, 2.24) is 4.98 Å². The maximum Gasteiger partial charge on any atom is 0.0845 e. The number of hydrogen-bond donors (Lipinski definition) is 1. The lowest BCUT2D eigenvalue weighted by atomic mass is 9.92. The molecule has 2 atom stereocenters. The number of benzene rings is 1. The Kier molecular flexibility index (Phi) is 3.58. The minimum Gasteiger partial charge on any atom is -0.373 e. The van der Waals surface area contributed by atoms with Crippen LogP contribution in [0.2, 0.25) is 0 Å². The minimum atomic E-state index is -0.0147. The largest absolute Gasteiger partial charge is 0.373 e. The summed E-state index contributed by atoms with van der Waals surface area (Å²) in [5.74, 6) is 0. The highest BCUT2D eigenvalue weighted by atomic mass is 16.5. The van der Waals surface area contributed by atoms with Crippen LogP contribution in [0.1, 0.15) is 35.3 Å². The molecule has 0 radical (unpaired) electrons. The van der Waals surface area contributed by atoms with Crippen molar-refractivity contribution in [3.8, 4) is 0 Å². The Hall–Kier alpha value is -1.71. The third-order valence-electron chi connectivity index (χ3n) is 3.69. The second kappa shape index (κ2) is 5.51. The normalized spacial score (nSPS) is 19.7. The van der Waals surface area contributed by atoms with Gasteiger partial charge in [-0.25, -0.2) is 0 Å². The molecule has 3 nitrogen and oxygen atoms in total. The first kappa shape index (κ1) is 12.3. The van der Waals surface area contributed by atoms with E-state index in [0.29, 0.717) is 0 Å². The van der Waals surface area contributed by atoms with Crippen molar-refractivity contribution in [2.75, 3.05) is 6.61 Å². The Morgan fingerprint density at radius 1 is 1.21 bits per heavy atom. The van der Waals surface area contributed by atoms with Crippen molar-refractivity contribution in [2.24, 2.45) is 5.73 Å². The molecule has 3 heteroatoms. The molecule has 0 fully saturated rings. The topological polar surface area (TPSA) is 48.1 Å². The minimum absolute atomic E-state index is 0.0147. The van der Waals surface area contributed by atoms with Crippen molar-refractivity contribution >= 4 is 0 Å². The number of hydrogen-bond acceptors (Lipinski definition) is 3. The van der Waals surface area contributed by atoms with Crippen LogP contribution in [0.3, 0.4) is 0 Å². The van der Waals surface area contributed by atoms with Crippen molar-refractivity contribution in [1.29, 1.82) is 0 Å². The van der Waals surface area contributed by atoms with Gasteiger partial charge in [0, 0.05) is 18.4 Å². The smallest absolute Gasteiger partial charge is 0.0845 e. The maximum absolute atomic E-state index is 6.28. The summed E-state index contributed by atoms with van der Waals surface area (Å²) in [6.45, 7) is 0.782. The zero-order valence-electron chi connectivity index (χ0n) is 10.8. The van der Waals surface area contributed by atoms with Gasteiger partial charge in [0.1, 0.15) is 0 Å². The zero-order valence-corrected chi connectivity index (χ0v) is 10.8. The molecule has 19 heavy (non-hydrogen) atoms. The summed E-state index contributed by atoms with van der Waals surface area (Å²) in [7, 11) is 0. The van der Waals surface area contributed by atoms with E-state index in [9.17, 15) is 0 Å². The van der Waals surface area contributed by atoms with Crippen LogP contribution in [0.4, 0.5) is 0 Å². The molecule has 0 spiro atoms. The summed E-state index contributed by atoms with van der Waals surface area (Å²) in [5.41, 5.74) is 10.1. The fourth-order valence-corrected chi connectivity index (χ4v) is 2.65. The summed E-state index contributed by atoms with van der Waals surface area (Å²) in [6, 6.07) is 12.4. The monoisotopic (exact) mass is 254 g/mol. The van der Waals surface area contributed by atoms with Gasteiger partial charge in [0.05, 0.1) is 12.7 Å². The Bertz CT molecular complexity index is 541. The molecular formula is C16H18N2O. The molecule has 3 rings (SSSR count). The Labute approximate surface area is 113 Å². The van der Waals surface area contributed by atoms with Crippen molar-refractivity contribution in [2.45, 2.75) is 25.0 Å². The second-order valence-corrected chi connectivity index (χ2v) is 4.93. The van der Waals surface area contributed by atoms with Crippen LogP contribution >= 0.6 is 0 Å². The van der Waals surface area contributed by atoms with Gasteiger partial charge < -0.3 is 10.5 Å². The first-order valence-electron chi connectivity index (χ1n) is 6.69. The molecule has 2 N–H and O–H groups in total. The third kappa shape index (κ3) is 2.67. The van der Waals surface area contributed by atoms with E-state index in [2.05, 4.69) is 29.2 Å². The number of aromatic nitrogens is 1. The van der Waals surface area contributed by atoms with E-state index in [0.717, 1.165) is 25.0 Å². The molecule has 98 valence electrons. The molecule has 2 unspecified atom stereocenters. The summed E-state index contributed by atoms with van der Waals surface area (Å²) in [5, 5.41) is 0. The van der Waals surface area contributed by atoms with Crippen LogP contribution in [0, 0.1) is 0 Å². The maximum atomic E-state index is 6.28. The van der Waals surface area contributed by atoms with Crippen LogP contribution in [-0.2, 0) is 11.2 Å². The van der Waals surface area contributed by atoms with Gasteiger partial charge in [-0.15, -0.1) is 0 Å². The van der Waals surface area contributed by atoms with Crippen LogP contribution < -0.4 is 5.73 Å². The van der Waals surface area contributed by atoms with Crippen LogP contribution in [0.25, 0.3) is 0 Å². The molecule has 0 saturated carbocycles. The number of ether oxygens (including phenoxy) is 1. The van der Waals surface area contributed by atoms with E-state index in [4.69, 9.17) is 10.5 Å². The molecule has 0 bridgehead atoms. The van der Waals surface area contributed by atoms with E-state index in [1.807, 2.05) is 12.1 Å². The third-order valence-corrected chi connectivity index (χ3v) is 3.69. The predicted octanol–water partition coefficient (Wildman–Crippen LogP) is 2.79. The lowest BCUT2D eigenvalue weighted by Gasteiger charge is -2.28. The first-order chi connectivity index (χ1) is 9.34. The molecule has 2 heterocycles. The van der Waals surface area contributed by atoms with E-state index >= 15 is 0 Å². The fraction of sp³-hybridized carbons (Fsp3) is 0.312. The fourth-order valence-electron chi connectivity index (χ4n) is 2.65. The summed E-state index contributed by atoms with van der Waals surface area (Å²) >= 11 is 0. The van der Waals surface area contributed by atoms with Gasteiger partial charge in [-0.3, -0.25) is 4.98 Å². The van der Waals surface area contributed by atoms with Gasteiger partial charge in [0.25, 0.3) is 0 Å². The molecule has 1 aliphatic heterocycles. The van der Waals surface area contributed by atoms with Crippen molar-refractivity contribution in [3.05, 3.63) is 65.5 Å². The number of rotatable bonds is 3. The highest BCUT2D eigenvalue weighted by molar-refractivity contribution is 5.31. The molecule has 1 aromatic heterocycles. The molecule has 1 aromatic carbocycles. The summed E-state index contributed by atoms with van der Waals surface area (Å²) in [4.78, 5) is 4.02. The Morgan fingerprint density at radius 2 is 2.00 bits per heavy atom. The van der Waals surface area contributed by atoms with Crippen LogP contribution in [0.5, 0.6) is 0 Å². The van der Waals surface area contributed by atoms with Gasteiger partial charge in [-0.05, 0) is 41.7 Å². The molecule has 0 amide bonds. The zero-order chi connectivity index (χ0) is 13.1. The molecule has 1 aliphatic rings. The first-order valence-corrected chi connectivity index (χ1v) is 6.69. The average Bonchev–Trinajstić information content (AvgIpc) is 2.48. The van der Waals surface area contributed by atoms with E-state index in [1.54, 1.807) is 12.4 Å². The summed E-state index contributed by atoms with van der Waals surface area (Å²) < 4.78 is 5.90. The van der Waals surface area contributed by atoms with Crippen LogP contribution in [0.15, 0.2) is 48.8 Å². The SMILES string of the molecule is NC(CC1OCCc2ccccc21)c1ccncc1. The Morgan fingerprint density at radius 3 is 2.84 bits per heavy atom. The summed E-state index contributed by atoms with van der Waals surface area (Å²) in [6.07, 6.45) is 5.47. The highest BCUT2D eigenvalue weighted by Crippen LogP contribution is 2.33. The lowest BCUT2D eigenvalue weighted by molar-refractivity contribution is 0.0320. The number of pyridine rings is 1. The second-order valence-electron chi connectivity index (χ2n) is 4.93.